The summed E-state index contributed by atoms with van der Waals surface area (Å²) in [5, 5.41) is 8.76. The Labute approximate surface area is 171 Å². The van der Waals surface area contributed by atoms with Gasteiger partial charge in [0.15, 0.2) is 0 Å². The van der Waals surface area contributed by atoms with Crippen LogP contribution in [0.1, 0.15) is 29.5 Å². The minimum atomic E-state index is 1.10. The lowest BCUT2D eigenvalue weighted by Crippen LogP contribution is -2.02. The summed E-state index contributed by atoms with van der Waals surface area (Å²) in [5.41, 5.74) is 5.40. The summed E-state index contributed by atoms with van der Waals surface area (Å²) in [6.07, 6.45) is 10.6. The van der Waals surface area contributed by atoms with Gasteiger partial charge in [-0.15, -0.1) is 0 Å². The minimum absolute atomic E-state index is 1.10. The van der Waals surface area contributed by atoms with Gasteiger partial charge in [0.25, 0.3) is 0 Å². The predicted molar refractivity (Wildman–Crippen MR) is 125 cm³/mol. The van der Waals surface area contributed by atoms with Crippen LogP contribution in [0.3, 0.4) is 0 Å². The van der Waals surface area contributed by atoms with Crippen molar-refractivity contribution < 1.29 is 0 Å². The van der Waals surface area contributed by atoms with Crippen LogP contribution in [0.4, 0.5) is 5.69 Å². The molecule has 0 saturated heterocycles. The number of anilines is 1. The molecule has 6 rings (SSSR count). The number of hydrogen-bond acceptors (Lipinski definition) is 2. The molecule has 0 radical (unpaired) electrons. The van der Waals surface area contributed by atoms with E-state index in [2.05, 4.69) is 58.8 Å². The number of hydrogen-bond donors (Lipinski definition) is 1. The molecule has 0 bridgehead atoms. The lowest BCUT2D eigenvalue weighted by molar-refractivity contribution is 0.690. The summed E-state index contributed by atoms with van der Waals surface area (Å²) in [6.45, 7) is 0. The van der Waals surface area contributed by atoms with Gasteiger partial charge in [0.2, 0.25) is 0 Å². The largest absolute Gasteiger partial charge is 0.360 e. The zero-order valence-electron chi connectivity index (χ0n) is 16.4. The molecule has 4 aromatic rings. The molecule has 2 aliphatic rings. The number of rotatable bonds is 0. The maximum atomic E-state index is 4.04. The van der Waals surface area contributed by atoms with Crippen molar-refractivity contribution in [2.24, 2.45) is 4.99 Å². The Bertz CT molecular complexity index is 1230. The van der Waals surface area contributed by atoms with Gasteiger partial charge in [-0.2, -0.15) is 0 Å². The number of nitrogens with zero attached hydrogens (tertiary/aromatic N) is 1. The van der Waals surface area contributed by atoms with E-state index in [1.54, 1.807) is 17.3 Å². The summed E-state index contributed by atoms with van der Waals surface area (Å²) in [5.74, 6) is 0. The SMILES string of the molecule is C1=CNc2ccccc2C=N1.c1ccc2c(c1)ccc1c3c(ccc12)CCCC3. The molecule has 0 saturated carbocycles. The number of aliphatic imine (C=N–C) groups is 1. The van der Waals surface area contributed by atoms with Gasteiger partial charge >= 0.3 is 0 Å². The summed E-state index contributed by atoms with van der Waals surface area (Å²) < 4.78 is 0. The third-order valence-electron chi connectivity index (χ3n) is 5.83. The molecule has 0 spiro atoms. The fraction of sp³-hybridized carbons (Fsp3) is 0.148. The lowest BCUT2D eigenvalue weighted by Gasteiger charge is -2.18. The van der Waals surface area contributed by atoms with E-state index in [0.29, 0.717) is 0 Å². The van der Waals surface area contributed by atoms with Crippen LogP contribution in [0.25, 0.3) is 21.5 Å². The van der Waals surface area contributed by atoms with Crippen LogP contribution in [-0.4, -0.2) is 6.21 Å². The van der Waals surface area contributed by atoms with Crippen molar-refractivity contribution in [2.45, 2.75) is 25.7 Å². The van der Waals surface area contributed by atoms with Crippen LogP contribution in [-0.2, 0) is 12.8 Å². The second-order valence-electron chi connectivity index (χ2n) is 7.62. The van der Waals surface area contributed by atoms with Crippen LogP contribution < -0.4 is 5.32 Å². The zero-order valence-corrected chi connectivity index (χ0v) is 16.4. The van der Waals surface area contributed by atoms with Gasteiger partial charge < -0.3 is 5.32 Å². The summed E-state index contributed by atoms with van der Waals surface area (Å²) >= 11 is 0. The van der Waals surface area contributed by atoms with Gasteiger partial charge in [0.1, 0.15) is 0 Å². The molecule has 142 valence electrons. The summed E-state index contributed by atoms with van der Waals surface area (Å²) in [7, 11) is 0. The molecule has 1 aliphatic carbocycles. The van der Waals surface area contributed by atoms with Gasteiger partial charge in [-0.3, -0.25) is 4.99 Å². The van der Waals surface area contributed by atoms with Crippen LogP contribution in [0.15, 0.2) is 90.2 Å². The third-order valence-corrected chi connectivity index (χ3v) is 5.83. The van der Waals surface area contributed by atoms with E-state index in [0.717, 1.165) is 11.3 Å². The highest BCUT2D eigenvalue weighted by Gasteiger charge is 2.13. The Morgan fingerprint density at radius 1 is 0.690 bits per heavy atom. The molecule has 0 aromatic heterocycles. The van der Waals surface area contributed by atoms with Crippen molar-refractivity contribution in [1.29, 1.82) is 0 Å². The molecular weight excluding hydrogens is 352 g/mol. The average molecular weight is 377 g/mol. The number of nitrogens with one attached hydrogen (secondary N) is 1. The molecule has 2 nitrogen and oxygen atoms in total. The average Bonchev–Trinajstić information content (AvgIpc) is 3.05. The Morgan fingerprint density at radius 3 is 2.52 bits per heavy atom. The van der Waals surface area contributed by atoms with E-state index in [-0.39, 0.29) is 0 Å². The highest BCUT2D eigenvalue weighted by molar-refractivity contribution is 6.08. The van der Waals surface area contributed by atoms with Crippen LogP contribution >= 0.6 is 0 Å². The molecule has 1 N–H and O–H groups in total. The molecule has 0 amide bonds. The molecule has 29 heavy (non-hydrogen) atoms. The Kier molecular flexibility index (Phi) is 4.83. The van der Waals surface area contributed by atoms with Crippen molar-refractivity contribution in [3.63, 3.8) is 0 Å². The van der Waals surface area contributed by atoms with E-state index >= 15 is 0 Å². The first kappa shape index (κ1) is 17.7. The van der Waals surface area contributed by atoms with E-state index in [9.17, 15) is 0 Å². The highest BCUT2D eigenvalue weighted by atomic mass is 14.9. The highest BCUT2D eigenvalue weighted by Crippen LogP contribution is 2.33. The molecule has 0 atom stereocenters. The Hall–Kier alpha value is -3.39. The minimum Gasteiger partial charge on any atom is -0.360 e. The van der Waals surface area contributed by atoms with E-state index in [1.807, 2.05) is 36.7 Å². The van der Waals surface area contributed by atoms with Gasteiger partial charge in [0.05, 0.1) is 0 Å². The molecular formula is C27H24N2. The van der Waals surface area contributed by atoms with E-state index in [1.165, 1.54) is 47.2 Å². The maximum Gasteiger partial charge on any atom is 0.0469 e. The normalized spacial score (nSPS) is 14.3. The molecule has 1 heterocycles. The topological polar surface area (TPSA) is 24.4 Å². The van der Waals surface area contributed by atoms with Gasteiger partial charge in [-0.25, -0.2) is 0 Å². The Balaban J connectivity index is 0.000000142. The molecule has 1 aliphatic heterocycles. The smallest absolute Gasteiger partial charge is 0.0469 e. The van der Waals surface area contributed by atoms with Gasteiger partial charge in [-0.1, -0.05) is 66.7 Å². The quantitative estimate of drug-likeness (QED) is 0.333. The van der Waals surface area contributed by atoms with Gasteiger partial charge in [-0.05, 0) is 64.4 Å². The number of benzene rings is 4. The third kappa shape index (κ3) is 3.54. The van der Waals surface area contributed by atoms with Crippen LogP contribution in [0.5, 0.6) is 0 Å². The summed E-state index contributed by atoms with van der Waals surface area (Å²) in [6, 6.07) is 26.0. The molecule has 4 aromatic carbocycles. The summed E-state index contributed by atoms with van der Waals surface area (Å²) in [4.78, 5) is 4.04. The lowest BCUT2D eigenvalue weighted by atomic mass is 9.86. The van der Waals surface area contributed by atoms with E-state index < -0.39 is 0 Å². The van der Waals surface area contributed by atoms with Crippen LogP contribution in [0.2, 0.25) is 0 Å². The number of fused-ring (bicyclic) bond motifs is 6. The number of para-hydroxylation sites is 1. The maximum absolute atomic E-state index is 4.04. The predicted octanol–water partition coefficient (Wildman–Crippen LogP) is 6.87. The molecule has 2 heteroatoms. The second kappa shape index (κ2) is 7.92. The van der Waals surface area contributed by atoms with Gasteiger partial charge in [0, 0.05) is 29.9 Å². The zero-order chi connectivity index (χ0) is 19.5. The second-order valence-corrected chi connectivity index (χ2v) is 7.62. The molecule has 0 unspecified atom stereocenters. The monoisotopic (exact) mass is 376 g/mol. The van der Waals surface area contributed by atoms with Crippen molar-refractivity contribution in [3.05, 3.63) is 102 Å². The first-order valence-corrected chi connectivity index (χ1v) is 10.4. The fourth-order valence-electron chi connectivity index (χ4n) is 4.38. The van der Waals surface area contributed by atoms with Crippen molar-refractivity contribution in [3.8, 4) is 0 Å². The van der Waals surface area contributed by atoms with Crippen molar-refractivity contribution in [1.82, 2.24) is 0 Å². The standard InChI is InChI=1S/C18H16.C9H8N2/c1-3-7-15-13(5-1)9-11-18-16-8-4-2-6-14(16)10-12-17(15)18;1-2-4-9-8(3-1)7-10-5-6-11-9/h1,3,5,7,9-12H,2,4,6,8H2;1-7,11H. The van der Waals surface area contributed by atoms with Crippen molar-refractivity contribution in [2.75, 3.05) is 5.32 Å². The fourth-order valence-corrected chi connectivity index (χ4v) is 4.38. The van der Waals surface area contributed by atoms with Crippen molar-refractivity contribution >= 4 is 33.4 Å². The van der Waals surface area contributed by atoms with Crippen LogP contribution in [0, 0.1) is 0 Å². The first-order chi connectivity index (χ1) is 14.4. The Morgan fingerprint density at radius 2 is 1.52 bits per heavy atom. The van der Waals surface area contributed by atoms with E-state index in [4.69, 9.17) is 0 Å². The first-order valence-electron chi connectivity index (χ1n) is 10.4. The number of aryl methyl sites for hydroxylation is 2. The molecule has 0 fully saturated rings.